The maximum absolute atomic E-state index is 5.68. The summed E-state index contributed by atoms with van der Waals surface area (Å²) in [6.45, 7) is 0. The fourth-order valence-corrected chi connectivity index (χ4v) is 1.98. The second kappa shape index (κ2) is 4.00. The van der Waals surface area contributed by atoms with Crippen LogP contribution in [0.4, 0.5) is 11.8 Å². The first-order valence-corrected chi connectivity index (χ1v) is 5.61. The van der Waals surface area contributed by atoms with Crippen LogP contribution in [-0.4, -0.2) is 9.97 Å². The third-order valence-corrected chi connectivity index (χ3v) is 2.81. The van der Waals surface area contributed by atoms with Crippen molar-refractivity contribution in [3.63, 3.8) is 0 Å². The maximum Gasteiger partial charge on any atom is 0.222 e. The minimum Gasteiger partial charge on any atom is -0.384 e. The number of aromatic nitrogens is 2. The van der Waals surface area contributed by atoms with Gasteiger partial charge in [-0.3, -0.25) is 0 Å². The number of anilines is 2. The average Bonchev–Trinajstić information content (AvgIpc) is 2.37. The molecule has 2 aromatic carbocycles. The van der Waals surface area contributed by atoms with Gasteiger partial charge in [-0.2, -0.15) is 4.98 Å². The lowest BCUT2D eigenvalue weighted by Crippen LogP contribution is -2.00. The van der Waals surface area contributed by atoms with Crippen LogP contribution in [0.5, 0.6) is 0 Å². The van der Waals surface area contributed by atoms with Crippen molar-refractivity contribution in [1.82, 2.24) is 9.97 Å². The molecular weight excluding hydrogens is 224 g/mol. The molecule has 1 aromatic heterocycles. The summed E-state index contributed by atoms with van der Waals surface area (Å²) in [5.74, 6) is 0.573. The smallest absolute Gasteiger partial charge is 0.222 e. The molecule has 4 nitrogen and oxygen atoms in total. The summed E-state index contributed by atoms with van der Waals surface area (Å²) >= 11 is 0. The Kier molecular flexibility index (Phi) is 2.34. The first kappa shape index (κ1) is 10.5. The van der Waals surface area contributed by atoms with E-state index in [2.05, 4.69) is 34.2 Å². The van der Waals surface area contributed by atoms with E-state index in [-0.39, 0.29) is 5.95 Å². The number of benzene rings is 2. The number of nitrogens with zero attached hydrogens (tertiary/aromatic N) is 2. The van der Waals surface area contributed by atoms with Gasteiger partial charge in [-0.15, -0.1) is 0 Å². The quantitative estimate of drug-likeness (QED) is 0.680. The Bertz CT molecular complexity index is 702. The third kappa shape index (κ3) is 1.84. The molecule has 0 aliphatic carbocycles. The zero-order valence-corrected chi connectivity index (χ0v) is 9.67. The molecule has 0 spiro atoms. The maximum atomic E-state index is 5.68. The molecule has 0 amide bonds. The van der Waals surface area contributed by atoms with E-state index in [4.69, 9.17) is 11.5 Å². The highest BCUT2D eigenvalue weighted by atomic mass is 15.0. The predicted molar refractivity (Wildman–Crippen MR) is 73.8 cm³/mol. The molecule has 3 rings (SSSR count). The molecule has 0 aliphatic heterocycles. The van der Waals surface area contributed by atoms with Gasteiger partial charge in [0.2, 0.25) is 5.95 Å². The van der Waals surface area contributed by atoms with Crippen molar-refractivity contribution in [3.8, 4) is 11.3 Å². The van der Waals surface area contributed by atoms with Gasteiger partial charge in [0.05, 0.1) is 5.69 Å². The van der Waals surface area contributed by atoms with E-state index in [0.717, 1.165) is 16.6 Å². The highest BCUT2D eigenvalue weighted by Crippen LogP contribution is 2.24. The van der Waals surface area contributed by atoms with Crippen LogP contribution in [-0.2, 0) is 0 Å². The first-order valence-electron chi connectivity index (χ1n) is 5.61. The van der Waals surface area contributed by atoms with E-state index in [9.17, 15) is 0 Å². The van der Waals surface area contributed by atoms with Crippen molar-refractivity contribution in [2.75, 3.05) is 11.5 Å². The van der Waals surface area contributed by atoms with E-state index in [1.54, 1.807) is 6.07 Å². The van der Waals surface area contributed by atoms with E-state index in [0.29, 0.717) is 5.82 Å². The van der Waals surface area contributed by atoms with Crippen LogP contribution < -0.4 is 11.5 Å². The molecule has 0 radical (unpaired) electrons. The molecule has 0 saturated carbocycles. The van der Waals surface area contributed by atoms with Crippen molar-refractivity contribution >= 4 is 22.5 Å². The molecule has 0 unspecified atom stereocenters. The molecule has 0 saturated heterocycles. The van der Waals surface area contributed by atoms with Crippen LogP contribution in [0.3, 0.4) is 0 Å². The van der Waals surface area contributed by atoms with Gasteiger partial charge in [0, 0.05) is 11.6 Å². The fourth-order valence-electron chi connectivity index (χ4n) is 1.98. The minimum absolute atomic E-state index is 0.193. The van der Waals surface area contributed by atoms with Gasteiger partial charge < -0.3 is 11.5 Å². The Labute approximate surface area is 104 Å². The number of fused-ring (bicyclic) bond motifs is 1. The summed E-state index contributed by atoms with van der Waals surface area (Å²) in [4.78, 5) is 8.06. The van der Waals surface area contributed by atoms with E-state index >= 15 is 0 Å². The second-order valence-electron chi connectivity index (χ2n) is 4.10. The third-order valence-electron chi connectivity index (χ3n) is 2.81. The molecule has 3 aromatic rings. The normalized spacial score (nSPS) is 10.7. The number of hydrogen-bond acceptors (Lipinski definition) is 4. The highest BCUT2D eigenvalue weighted by Gasteiger charge is 2.04. The Morgan fingerprint density at radius 3 is 2.33 bits per heavy atom. The molecule has 0 atom stereocenters. The number of nitrogens with two attached hydrogens (primary N) is 2. The van der Waals surface area contributed by atoms with Gasteiger partial charge in [0.1, 0.15) is 5.82 Å². The average molecular weight is 236 g/mol. The Morgan fingerprint density at radius 2 is 1.56 bits per heavy atom. The van der Waals surface area contributed by atoms with Gasteiger partial charge in [0.25, 0.3) is 0 Å². The zero-order chi connectivity index (χ0) is 12.5. The van der Waals surface area contributed by atoms with Crippen LogP contribution in [0.2, 0.25) is 0 Å². The highest BCUT2D eigenvalue weighted by molar-refractivity contribution is 5.87. The molecule has 4 N–H and O–H groups in total. The SMILES string of the molecule is Nc1cc(-c2ccc3ccccc3c2)nc(N)n1. The summed E-state index contributed by atoms with van der Waals surface area (Å²) in [6, 6.07) is 16.0. The van der Waals surface area contributed by atoms with Crippen LogP contribution in [0.1, 0.15) is 0 Å². The second-order valence-corrected chi connectivity index (χ2v) is 4.10. The Morgan fingerprint density at radius 1 is 0.778 bits per heavy atom. The van der Waals surface area contributed by atoms with Crippen LogP contribution in [0.15, 0.2) is 48.5 Å². The molecule has 1 heterocycles. The minimum atomic E-state index is 0.193. The van der Waals surface area contributed by atoms with E-state index in [1.165, 1.54) is 5.39 Å². The van der Waals surface area contributed by atoms with Crippen molar-refractivity contribution in [1.29, 1.82) is 0 Å². The first-order chi connectivity index (χ1) is 8.72. The molecular formula is C14H12N4. The van der Waals surface area contributed by atoms with Crippen LogP contribution in [0.25, 0.3) is 22.0 Å². The molecule has 18 heavy (non-hydrogen) atoms. The lowest BCUT2D eigenvalue weighted by atomic mass is 10.1. The zero-order valence-electron chi connectivity index (χ0n) is 9.67. The van der Waals surface area contributed by atoms with Crippen molar-refractivity contribution in [2.24, 2.45) is 0 Å². The van der Waals surface area contributed by atoms with Crippen molar-refractivity contribution < 1.29 is 0 Å². The number of hydrogen-bond donors (Lipinski definition) is 2. The van der Waals surface area contributed by atoms with Gasteiger partial charge in [-0.25, -0.2) is 4.98 Å². The van der Waals surface area contributed by atoms with E-state index in [1.807, 2.05) is 18.2 Å². The summed E-state index contributed by atoms with van der Waals surface area (Å²) < 4.78 is 0. The van der Waals surface area contributed by atoms with Gasteiger partial charge in [-0.05, 0) is 16.8 Å². The predicted octanol–water partition coefficient (Wildman–Crippen LogP) is 2.46. The standard InChI is InChI=1S/C14H12N4/c15-13-8-12(17-14(16)18-13)11-6-5-9-3-1-2-4-10(9)7-11/h1-8H,(H4,15,16,17,18). The summed E-state index contributed by atoms with van der Waals surface area (Å²) in [5.41, 5.74) is 13.0. The van der Waals surface area contributed by atoms with Gasteiger partial charge in [-0.1, -0.05) is 36.4 Å². The summed E-state index contributed by atoms with van der Waals surface area (Å²) in [5, 5.41) is 2.35. The molecule has 0 aliphatic rings. The van der Waals surface area contributed by atoms with E-state index < -0.39 is 0 Å². The van der Waals surface area contributed by atoms with Gasteiger partial charge >= 0.3 is 0 Å². The van der Waals surface area contributed by atoms with Crippen molar-refractivity contribution in [2.45, 2.75) is 0 Å². The molecule has 0 bridgehead atoms. The monoisotopic (exact) mass is 236 g/mol. The largest absolute Gasteiger partial charge is 0.384 e. The van der Waals surface area contributed by atoms with Crippen LogP contribution in [0, 0.1) is 0 Å². The number of nitrogen functional groups attached to an aromatic ring is 2. The molecule has 88 valence electrons. The number of rotatable bonds is 1. The Balaban J connectivity index is 2.19. The lowest BCUT2D eigenvalue weighted by Gasteiger charge is -2.05. The van der Waals surface area contributed by atoms with Gasteiger partial charge in [0.15, 0.2) is 0 Å². The fraction of sp³-hybridized carbons (Fsp3) is 0. The lowest BCUT2D eigenvalue weighted by molar-refractivity contribution is 1.20. The Hall–Kier alpha value is -2.62. The topological polar surface area (TPSA) is 77.8 Å². The molecule has 4 heteroatoms. The molecule has 0 fully saturated rings. The van der Waals surface area contributed by atoms with Crippen molar-refractivity contribution in [3.05, 3.63) is 48.5 Å². The summed E-state index contributed by atoms with van der Waals surface area (Å²) in [6.07, 6.45) is 0. The summed E-state index contributed by atoms with van der Waals surface area (Å²) in [7, 11) is 0. The van der Waals surface area contributed by atoms with Crippen LogP contribution >= 0.6 is 0 Å².